The highest BCUT2D eigenvalue weighted by atomic mass is 16.6. The number of benzene rings is 3. The van der Waals surface area contributed by atoms with Gasteiger partial charge in [-0.15, -0.1) is 0 Å². The molecule has 0 fully saturated rings. The highest BCUT2D eigenvalue weighted by Gasteiger charge is 2.19. The molecular weight excluding hydrogens is 428 g/mol. The van der Waals surface area contributed by atoms with E-state index < -0.39 is 4.92 Å². The number of H-pyrrole nitrogens is 1. The summed E-state index contributed by atoms with van der Waals surface area (Å²) in [6.45, 7) is 0.378. The molecule has 0 saturated carbocycles. The Labute approximate surface area is 197 Å². The summed E-state index contributed by atoms with van der Waals surface area (Å²) in [4.78, 5) is 28.7. The van der Waals surface area contributed by atoms with Gasteiger partial charge < -0.3 is 15.2 Å². The minimum Gasteiger partial charge on any atom is -0.378 e. The van der Waals surface area contributed by atoms with Crippen LogP contribution in [-0.4, -0.2) is 36.5 Å². The average molecular weight is 455 g/mol. The second kappa shape index (κ2) is 10.0. The van der Waals surface area contributed by atoms with Crippen molar-refractivity contribution in [3.05, 3.63) is 112 Å². The first-order valence-electron chi connectivity index (χ1n) is 11.0. The lowest BCUT2D eigenvalue weighted by molar-refractivity contribution is -0.385. The van der Waals surface area contributed by atoms with Crippen molar-refractivity contribution < 1.29 is 9.72 Å². The molecule has 0 bridgehead atoms. The number of rotatable bonds is 8. The van der Waals surface area contributed by atoms with Crippen molar-refractivity contribution in [2.45, 2.75) is 5.92 Å². The second-order valence-corrected chi connectivity index (χ2v) is 8.22. The van der Waals surface area contributed by atoms with Crippen molar-refractivity contribution in [3.8, 4) is 0 Å². The summed E-state index contributed by atoms with van der Waals surface area (Å²) in [6, 6.07) is 22.7. The molecule has 172 valence electrons. The van der Waals surface area contributed by atoms with Crippen LogP contribution in [0.25, 0.3) is 17.0 Å². The van der Waals surface area contributed by atoms with Crippen LogP contribution in [0, 0.1) is 10.1 Å². The van der Waals surface area contributed by atoms with Gasteiger partial charge in [0.1, 0.15) is 0 Å². The van der Waals surface area contributed by atoms with Gasteiger partial charge >= 0.3 is 0 Å². The fraction of sp³-hybridized carbons (Fsp3) is 0.148. The summed E-state index contributed by atoms with van der Waals surface area (Å²) in [5.74, 6) is -0.385. The number of para-hydroxylation sites is 2. The molecule has 7 heteroatoms. The van der Waals surface area contributed by atoms with E-state index in [-0.39, 0.29) is 17.5 Å². The van der Waals surface area contributed by atoms with E-state index in [0.29, 0.717) is 12.1 Å². The molecule has 0 spiro atoms. The Morgan fingerprint density at radius 2 is 1.76 bits per heavy atom. The van der Waals surface area contributed by atoms with E-state index in [0.717, 1.165) is 27.7 Å². The Morgan fingerprint density at radius 3 is 2.50 bits per heavy atom. The maximum absolute atomic E-state index is 12.6. The van der Waals surface area contributed by atoms with Crippen LogP contribution in [0.2, 0.25) is 0 Å². The zero-order chi connectivity index (χ0) is 24.1. The molecule has 34 heavy (non-hydrogen) atoms. The van der Waals surface area contributed by atoms with Crippen LogP contribution in [0.4, 0.5) is 11.4 Å². The summed E-state index contributed by atoms with van der Waals surface area (Å²) in [6.07, 6.45) is 4.80. The number of carbonyl (C=O) groups is 1. The number of fused-ring (bicyclic) bond motifs is 1. The van der Waals surface area contributed by atoms with Gasteiger partial charge in [-0.2, -0.15) is 0 Å². The molecule has 7 nitrogen and oxygen atoms in total. The number of hydrogen-bond donors (Lipinski definition) is 2. The molecule has 0 radical (unpaired) electrons. The van der Waals surface area contributed by atoms with Crippen LogP contribution < -0.4 is 10.2 Å². The van der Waals surface area contributed by atoms with Crippen molar-refractivity contribution in [1.82, 2.24) is 10.3 Å². The standard InChI is InChI=1S/C27H26N4O3/c1-30(2)21-14-11-19(12-15-21)23(24-18-28-25-9-5-4-8-22(24)25)17-29-27(32)16-13-20-7-3-6-10-26(20)31(33)34/h3-16,18,23,28H,17H2,1-2H3,(H,29,32)/b16-13+. The van der Waals surface area contributed by atoms with Gasteiger partial charge in [-0.3, -0.25) is 14.9 Å². The van der Waals surface area contributed by atoms with Gasteiger partial charge in [-0.05, 0) is 41.5 Å². The number of nitrogens with one attached hydrogen (secondary N) is 2. The topological polar surface area (TPSA) is 91.3 Å². The minimum atomic E-state index is -0.456. The summed E-state index contributed by atoms with van der Waals surface area (Å²) >= 11 is 0. The Morgan fingerprint density at radius 1 is 1.06 bits per heavy atom. The number of aromatic amines is 1. The maximum atomic E-state index is 12.6. The fourth-order valence-electron chi connectivity index (χ4n) is 4.02. The molecule has 1 aromatic heterocycles. The Kier molecular flexibility index (Phi) is 6.73. The van der Waals surface area contributed by atoms with Crippen molar-refractivity contribution >= 4 is 34.3 Å². The van der Waals surface area contributed by atoms with E-state index in [2.05, 4.69) is 40.6 Å². The molecule has 0 saturated heterocycles. The van der Waals surface area contributed by atoms with E-state index in [1.165, 1.54) is 18.2 Å². The molecule has 0 aliphatic heterocycles. The molecule has 2 N–H and O–H groups in total. The lowest BCUT2D eigenvalue weighted by Crippen LogP contribution is -2.27. The summed E-state index contributed by atoms with van der Waals surface area (Å²) in [5.41, 5.74) is 4.65. The molecule has 4 aromatic rings. The van der Waals surface area contributed by atoms with Crippen LogP contribution >= 0.6 is 0 Å². The largest absolute Gasteiger partial charge is 0.378 e. The Balaban J connectivity index is 1.58. The zero-order valence-electron chi connectivity index (χ0n) is 19.1. The molecule has 0 aliphatic rings. The Hall–Kier alpha value is -4.39. The van der Waals surface area contributed by atoms with Gasteiger partial charge in [-0.25, -0.2) is 0 Å². The second-order valence-electron chi connectivity index (χ2n) is 8.22. The third kappa shape index (κ3) is 4.99. The lowest BCUT2D eigenvalue weighted by atomic mass is 9.90. The van der Waals surface area contributed by atoms with E-state index in [1.54, 1.807) is 18.2 Å². The number of amides is 1. The number of hydrogen-bond acceptors (Lipinski definition) is 4. The third-order valence-electron chi connectivity index (χ3n) is 5.84. The molecular formula is C27H26N4O3. The van der Waals surface area contributed by atoms with E-state index in [1.807, 2.05) is 43.4 Å². The number of nitro groups is 1. The van der Waals surface area contributed by atoms with Gasteiger partial charge in [0.25, 0.3) is 5.69 Å². The van der Waals surface area contributed by atoms with Crippen molar-refractivity contribution in [2.24, 2.45) is 0 Å². The minimum absolute atomic E-state index is 0.0378. The summed E-state index contributed by atoms with van der Waals surface area (Å²) in [7, 11) is 3.99. The van der Waals surface area contributed by atoms with Crippen molar-refractivity contribution in [1.29, 1.82) is 0 Å². The first-order chi connectivity index (χ1) is 16.4. The van der Waals surface area contributed by atoms with Crippen molar-refractivity contribution in [2.75, 3.05) is 25.5 Å². The molecule has 1 amide bonds. The normalized spacial score (nSPS) is 12.1. The summed E-state index contributed by atoms with van der Waals surface area (Å²) in [5, 5.41) is 15.3. The lowest BCUT2D eigenvalue weighted by Gasteiger charge is -2.19. The number of anilines is 1. The predicted molar refractivity (Wildman–Crippen MR) is 136 cm³/mol. The monoisotopic (exact) mass is 454 g/mol. The third-order valence-corrected chi connectivity index (χ3v) is 5.84. The fourth-order valence-corrected chi connectivity index (χ4v) is 4.02. The van der Waals surface area contributed by atoms with Gasteiger partial charge in [-0.1, -0.05) is 42.5 Å². The SMILES string of the molecule is CN(C)c1ccc(C(CNC(=O)/C=C/c2ccccc2[N+](=O)[O-])c2c[nH]c3ccccc23)cc1. The maximum Gasteiger partial charge on any atom is 0.276 e. The predicted octanol–water partition coefficient (Wildman–Crippen LogP) is 5.10. The smallest absolute Gasteiger partial charge is 0.276 e. The van der Waals surface area contributed by atoms with E-state index in [4.69, 9.17) is 0 Å². The number of nitrogens with zero attached hydrogens (tertiary/aromatic N) is 2. The quantitative estimate of drug-likeness (QED) is 0.220. The van der Waals surface area contributed by atoms with E-state index >= 15 is 0 Å². The average Bonchev–Trinajstić information content (AvgIpc) is 3.27. The molecule has 1 atom stereocenters. The molecule has 0 aliphatic carbocycles. The number of aromatic nitrogens is 1. The van der Waals surface area contributed by atoms with Crippen molar-refractivity contribution in [3.63, 3.8) is 0 Å². The highest BCUT2D eigenvalue weighted by molar-refractivity contribution is 5.92. The van der Waals surface area contributed by atoms with Crippen LogP contribution in [0.15, 0.2) is 85.1 Å². The van der Waals surface area contributed by atoms with Gasteiger partial charge in [0.2, 0.25) is 5.91 Å². The number of carbonyl (C=O) groups excluding carboxylic acids is 1. The van der Waals surface area contributed by atoms with Gasteiger partial charge in [0.05, 0.1) is 10.5 Å². The van der Waals surface area contributed by atoms with Crippen LogP contribution in [0.5, 0.6) is 0 Å². The first kappa shape index (κ1) is 22.8. The van der Waals surface area contributed by atoms with Gasteiger partial charge in [0, 0.05) is 61.5 Å². The summed E-state index contributed by atoms with van der Waals surface area (Å²) < 4.78 is 0. The number of nitro benzene ring substituents is 1. The highest BCUT2D eigenvalue weighted by Crippen LogP contribution is 2.31. The van der Waals surface area contributed by atoms with Gasteiger partial charge in [0.15, 0.2) is 0 Å². The van der Waals surface area contributed by atoms with E-state index in [9.17, 15) is 14.9 Å². The molecule has 1 unspecified atom stereocenters. The zero-order valence-corrected chi connectivity index (χ0v) is 19.1. The van der Waals surface area contributed by atoms with Crippen LogP contribution in [-0.2, 0) is 4.79 Å². The van der Waals surface area contributed by atoms with Crippen LogP contribution in [0.3, 0.4) is 0 Å². The first-order valence-corrected chi connectivity index (χ1v) is 11.0. The van der Waals surface area contributed by atoms with Crippen LogP contribution in [0.1, 0.15) is 22.6 Å². The molecule has 1 heterocycles. The Bertz CT molecular complexity index is 1340. The molecule has 3 aromatic carbocycles. The molecule has 4 rings (SSSR count).